The molecule has 0 saturated heterocycles. The van der Waals surface area contributed by atoms with Crippen molar-refractivity contribution in [3.63, 3.8) is 0 Å². The molecule has 0 atom stereocenters. The minimum absolute atomic E-state index is 0.675. The topological polar surface area (TPSA) is 60.7 Å². The van der Waals surface area contributed by atoms with Gasteiger partial charge in [-0.1, -0.05) is 24.3 Å². The van der Waals surface area contributed by atoms with Crippen LogP contribution in [0.25, 0.3) is 16.8 Å². The van der Waals surface area contributed by atoms with Crippen LogP contribution in [-0.2, 0) is 0 Å². The van der Waals surface area contributed by atoms with Crippen molar-refractivity contribution < 1.29 is 9.47 Å². The van der Waals surface area contributed by atoms with E-state index in [9.17, 15) is 0 Å². The first kappa shape index (κ1) is 17.9. The number of para-hydroxylation sites is 1. The first-order valence-corrected chi connectivity index (χ1v) is 9.02. The number of benzene rings is 2. The second-order valence-electron chi connectivity index (χ2n) is 6.54. The number of nitrogens with one attached hydrogen (secondary N) is 1. The van der Waals surface area contributed by atoms with Crippen molar-refractivity contribution in [1.82, 2.24) is 14.6 Å². The summed E-state index contributed by atoms with van der Waals surface area (Å²) in [5, 5.41) is 8.18. The normalized spacial score (nSPS) is 10.9. The molecule has 6 heteroatoms. The molecule has 142 valence electrons. The molecule has 2 aromatic heterocycles. The van der Waals surface area contributed by atoms with E-state index in [1.807, 2.05) is 73.0 Å². The van der Waals surface area contributed by atoms with Crippen LogP contribution in [-0.4, -0.2) is 28.8 Å². The zero-order valence-corrected chi connectivity index (χ0v) is 16.4. The van der Waals surface area contributed by atoms with Crippen LogP contribution in [0.3, 0.4) is 0 Å². The van der Waals surface area contributed by atoms with E-state index < -0.39 is 0 Å². The summed E-state index contributed by atoms with van der Waals surface area (Å²) in [6, 6.07) is 17.9. The van der Waals surface area contributed by atoms with Crippen molar-refractivity contribution in [2.75, 3.05) is 19.5 Å². The highest BCUT2D eigenvalue weighted by molar-refractivity contribution is 5.82. The Balaban J connectivity index is 1.88. The zero-order chi connectivity index (χ0) is 19.7. The highest BCUT2D eigenvalue weighted by atomic mass is 16.5. The largest absolute Gasteiger partial charge is 0.493 e. The molecule has 4 rings (SSSR count). The summed E-state index contributed by atoms with van der Waals surface area (Å²) in [6.07, 6.45) is 0. The van der Waals surface area contributed by atoms with Crippen LogP contribution in [0.2, 0.25) is 0 Å². The van der Waals surface area contributed by atoms with Crippen molar-refractivity contribution in [3.8, 4) is 22.6 Å². The van der Waals surface area contributed by atoms with Gasteiger partial charge in [0, 0.05) is 23.0 Å². The van der Waals surface area contributed by atoms with Gasteiger partial charge < -0.3 is 14.8 Å². The van der Waals surface area contributed by atoms with E-state index in [1.54, 1.807) is 14.2 Å². The van der Waals surface area contributed by atoms with Gasteiger partial charge in [0.2, 0.25) is 0 Å². The van der Waals surface area contributed by atoms with E-state index in [4.69, 9.17) is 19.6 Å². The lowest BCUT2D eigenvalue weighted by Crippen LogP contribution is -2.02. The minimum atomic E-state index is 0.675. The Labute approximate surface area is 163 Å². The Hall–Kier alpha value is -3.54. The van der Waals surface area contributed by atoms with Crippen molar-refractivity contribution in [1.29, 1.82) is 0 Å². The molecule has 0 aliphatic heterocycles. The second kappa shape index (κ2) is 7.23. The molecule has 0 bridgehead atoms. The first-order valence-electron chi connectivity index (χ1n) is 9.02. The fraction of sp³-hybridized carbons (Fsp3) is 0.182. The third-order valence-electron chi connectivity index (χ3n) is 4.61. The molecular weight excluding hydrogens is 352 g/mol. The van der Waals surface area contributed by atoms with Crippen LogP contribution in [0.4, 0.5) is 11.5 Å². The van der Waals surface area contributed by atoms with Gasteiger partial charge in [0.25, 0.3) is 0 Å². The zero-order valence-electron chi connectivity index (χ0n) is 16.4. The number of ether oxygens (including phenoxy) is 2. The molecule has 2 aromatic carbocycles. The van der Waals surface area contributed by atoms with Gasteiger partial charge in [0.15, 0.2) is 17.1 Å². The Morgan fingerprint density at radius 1 is 0.893 bits per heavy atom. The molecule has 0 fully saturated rings. The summed E-state index contributed by atoms with van der Waals surface area (Å²) in [4.78, 5) is 4.76. The highest BCUT2D eigenvalue weighted by Crippen LogP contribution is 2.36. The van der Waals surface area contributed by atoms with Crippen molar-refractivity contribution in [3.05, 3.63) is 66.0 Å². The molecule has 0 amide bonds. The number of nitrogens with zero attached hydrogens (tertiary/aromatic N) is 3. The predicted octanol–water partition coefficient (Wildman–Crippen LogP) is 4.77. The SMILES string of the molecule is COc1ccc(-c2c(C)nn3c(Nc4ccccc4)cc(C)nc23)cc1OC. The van der Waals surface area contributed by atoms with Gasteiger partial charge in [0.05, 0.1) is 19.9 Å². The number of anilines is 2. The van der Waals surface area contributed by atoms with Crippen LogP contribution in [0, 0.1) is 13.8 Å². The molecule has 0 spiro atoms. The lowest BCUT2D eigenvalue weighted by atomic mass is 10.1. The van der Waals surface area contributed by atoms with Crippen molar-refractivity contribution in [2.45, 2.75) is 13.8 Å². The standard InChI is InChI=1S/C22H22N4O2/c1-14-12-20(24-17-8-6-5-7-9-17)26-22(23-14)21(15(2)25-26)16-10-11-18(27-3)19(13-16)28-4/h5-13,24H,1-4H3. The lowest BCUT2D eigenvalue weighted by molar-refractivity contribution is 0.355. The first-order chi connectivity index (χ1) is 13.6. The second-order valence-corrected chi connectivity index (χ2v) is 6.54. The number of hydrogen-bond acceptors (Lipinski definition) is 5. The van der Waals surface area contributed by atoms with E-state index in [0.29, 0.717) is 11.5 Å². The summed E-state index contributed by atoms with van der Waals surface area (Å²) in [7, 11) is 3.26. The van der Waals surface area contributed by atoms with Gasteiger partial charge in [0.1, 0.15) is 5.82 Å². The fourth-order valence-electron chi connectivity index (χ4n) is 3.33. The number of rotatable bonds is 5. The van der Waals surface area contributed by atoms with E-state index in [1.165, 1.54) is 0 Å². The number of aromatic nitrogens is 3. The molecule has 0 saturated carbocycles. The summed E-state index contributed by atoms with van der Waals surface area (Å²) >= 11 is 0. The van der Waals surface area contributed by atoms with Crippen LogP contribution < -0.4 is 14.8 Å². The molecular formula is C22H22N4O2. The van der Waals surface area contributed by atoms with E-state index in [-0.39, 0.29) is 0 Å². The Kier molecular flexibility index (Phi) is 4.61. The number of methoxy groups -OCH3 is 2. The van der Waals surface area contributed by atoms with Crippen molar-refractivity contribution in [2.24, 2.45) is 0 Å². The maximum absolute atomic E-state index is 5.47. The van der Waals surface area contributed by atoms with Crippen LogP contribution in [0.15, 0.2) is 54.6 Å². The van der Waals surface area contributed by atoms with Crippen LogP contribution in [0.5, 0.6) is 11.5 Å². The molecule has 0 unspecified atom stereocenters. The highest BCUT2D eigenvalue weighted by Gasteiger charge is 2.18. The monoisotopic (exact) mass is 374 g/mol. The number of aryl methyl sites for hydroxylation is 2. The third-order valence-corrected chi connectivity index (χ3v) is 4.61. The summed E-state index contributed by atoms with van der Waals surface area (Å²) in [6.45, 7) is 3.97. The number of fused-ring (bicyclic) bond motifs is 1. The Morgan fingerprint density at radius 2 is 1.64 bits per heavy atom. The van der Waals surface area contributed by atoms with Gasteiger partial charge in [-0.3, -0.25) is 0 Å². The van der Waals surface area contributed by atoms with Gasteiger partial charge in [-0.15, -0.1) is 0 Å². The maximum Gasteiger partial charge on any atom is 0.165 e. The molecule has 4 aromatic rings. The molecule has 0 radical (unpaired) electrons. The summed E-state index contributed by atoms with van der Waals surface area (Å²) < 4.78 is 12.7. The average molecular weight is 374 g/mol. The minimum Gasteiger partial charge on any atom is -0.493 e. The molecule has 6 nitrogen and oxygen atoms in total. The Morgan fingerprint density at radius 3 is 2.36 bits per heavy atom. The lowest BCUT2D eigenvalue weighted by Gasteiger charge is -2.11. The third kappa shape index (κ3) is 3.13. The smallest absolute Gasteiger partial charge is 0.165 e. The van der Waals surface area contributed by atoms with E-state index in [2.05, 4.69) is 5.32 Å². The van der Waals surface area contributed by atoms with Gasteiger partial charge in [-0.2, -0.15) is 9.61 Å². The number of hydrogen-bond donors (Lipinski definition) is 1. The maximum atomic E-state index is 5.47. The Bertz CT molecular complexity index is 1140. The van der Waals surface area contributed by atoms with Crippen LogP contribution in [0.1, 0.15) is 11.4 Å². The van der Waals surface area contributed by atoms with Gasteiger partial charge in [-0.25, -0.2) is 4.98 Å². The summed E-state index contributed by atoms with van der Waals surface area (Å²) in [5.74, 6) is 2.23. The van der Waals surface area contributed by atoms with Gasteiger partial charge in [-0.05, 0) is 43.7 Å². The summed E-state index contributed by atoms with van der Waals surface area (Å²) in [5.41, 5.74) is 5.54. The van der Waals surface area contributed by atoms with Gasteiger partial charge >= 0.3 is 0 Å². The van der Waals surface area contributed by atoms with Crippen molar-refractivity contribution >= 4 is 17.2 Å². The molecule has 1 N–H and O–H groups in total. The van der Waals surface area contributed by atoms with E-state index >= 15 is 0 Å². The fourth-order valence-corrected chi connectivity index (χ4v) is 3.33. The molecule has 0 aliphatic rings. The predicted molar refractivity (Wildman–Crippen MR) is 111 cm³/mol. The quantitative estimate of drug-likeness (QED) is 0.545. The van der Waals surface area contributed by atoms with Crippen LogP contribution >= 0.6 is 0 Å². The molecule has 0 aliphatic carbocycles. The molecule has 2 heterocycles. The average Bonchev–Trinajstić information content (AvgIpc) is 3.04. The molecule has 28 heavy (non-hydrogen) atoms. The van der Waals surface area contributed by atoms with E-state index in [0.717, 1.165) is 39.7 Å².